The molecule has 0 saturated carbocycles. The normalized spacial score (nSPS) is 10.5. The van der Waals surface area contributed by atoms with Crippen LogP contribution in [-0.2, 0) is 23.9 Å². The molecule has 1 rings (SSSR count). The first-order chi connectivity index (χ1) is 15.9. The van der Waals surface area contributed by atoms with E-state index in [9.17, 15) is 14.4 Å². The van der Waals surface area contributed by atoms with E-state index < -0.39 is 17.9 Å². The van der Waals surface area contributed by atoms with E-state index in [4.69, 9.17) is 14.2 Å². The molecule has 0 saturated heterocycles. The molecule has 0 atom stereocenters. The lowest BCUT2D eigenvalue weighted by molar-refractivity contribution is -0.144. The lowest BCUT2D eigenvalue weighted by atomic mass is 10.00. The zero-order valence-electron chi connectivity index (χ0n) is 20.1. The molecule has 0 aliphatic carbocycles. The molecule has 0 radical (unpaired) electrons. The number of ether oxygens (including phenoxy) is 3. The van der Waals surface area contributed by atoms with Gasteiger partial charge in [-0.3, -0.25) is 0 Å². The minimum absolute atomic E-state index is 0.0489. The number of rotatable bonds is 13. The van der Waals surface area contributed by atoms with Crippen molar-refractivity contribution in [3.63, 3.8) is 0 Å². The van der Waals surface area contributed by atoms with Crippen molar-refractivity contribution in [3.8, 4) is 5.75 Å². The lowest BCUT2D eigenvalue weighted by Crippen LogP contribution is -2.21. The maximum atomic E-state index is 11.7. The number of hydrogen-bond donors (Lipinski definition) is 0. The van der Waals surface area contributed by atoms with Crippen LogP contribution in [0, 0.1) is 5.92 Å². The Balaban J connectivity index is 2.75. The van der Waals surface area contributed by atoms with E-state index in [-0.39, 0.29) is 30.3 Å². The van der Waals surface area contributed by atoms with Gasteiger partial charge in [0.2, 0.25) is 0 Å². The first-order valence-electron chi connectivity index (χ1n) is 10.6. The van der Waals surface area contributed by atoms with Gasteiger partial charge in [-0.2, -0.15) is 0 Å². The summed E-state index contributed by atoms with van der Waals surface area (Å²) in [5.41, 5.74) is 3.17. The fourth-order valence-corrected chi connectivity index (χ4v) is 2.48. The van der Waals surface area contributed by atoms with Crippen molar-refractivity contribution in [1.82, 2.24) is 0 Å². The second kappa shape index (κ2) is 13.6. The van der Waals surface area contributed by atoms with Crippen molar-refractivity contribution >= 4 is 23.5 Å². The van der Waals surface area contributed by atoms with Crippen molar-refractivity contribution in [3.05, 3.63) is 97.2 Å². The molecular formula is C28H32O6. The van der Waals surface area contributed by atoms with E-state index in [2.05, 4.69) is 32.9 Å². The van der Waals surface area contributed by atoms with E-state index in [1.165, 1.54) is 0 Å². The van der Waals surface area contributed by atoms with Crippen LogP contribution in [-0.4, -0.2) is 31.1 Å². The van der Waals surface area contributed by atoms with Gasteiger partial charge in [0.1, 0.15) is 5.75 Å². The van der Waals surface area contributed by atoms with E-state index in [0.29, 0.717) is 17.7 Å². The Labute approximate surface area is 201 Å². The van der Waals surface area contributed by atoms with Crippen LogP contribution in [0.3, 0.4) is 0 Å². The number of benzene rings is 1. The molecule has 6 heteroatoms. The van der Waals surface area contributed by atoms with Crippen molar-refractivity contribution in [2.75, 3.05) is 13.2 Å². The minimum atomic E-state index is -0.511. The molecule has 0 heterocycles. The predicted octanol–water partition coefficient (Wildman–Crippen LogP) is 5.54. The Bertz CT molecular complexity index is 993. The molecule has 0 unspecified atom stereocenters. The summed E-state index contributed by atoms with van der Waals surface area (Å²) >= 11 is 0. The van der Waals surface area contributed by atoms with E-state index in [1.807, 2.05) is 0 Å². The van der Waals surface area contributed by atoms with Crippen LogP contribution in [0.5, 0.6) is 5.75 Å². The average molecular weight is 465 g/mol. The third-order valence-electron chi connectivity index (χ3n) is 4.45. The van der Waals surface area contributed by atoms with Gasteiger partial charge in [0.25, 0.3) is 0 Å². The highest BCUT2D eigenvalue weighted by Gasteiger charge is 2.16. The zero-order valence-corrected chi connectivity index (χ0v) is 20.1. The summed E-state index contributed by atoms with van der Waals surface area (Å²) in [5, 5.41) is 0. The van der Waals surface area contributed by atoms with Crippen LogP contribution in [0.25, 0.3) is 5.57 Å². The molecule has 1 aromatic rings. The highest BCUT2D eigenvalue weighted by Crippen LogP contribution is 2.21. The second-order valence-electron chi connectivity index (χ2n) is 8.04. The standard InChI is InChI=1S/C28H32O6/c1-18(2)26(29)32-16-23(17-33-27(30)19(3)4)15-21(7)9-10-22(8)24-11-13-25(14-12-24)34-28(31)20(5)6/h9-14,23H,1,3,5,7-8,15-17H2,2,4,6H3/b10-9-. The number of carbonyl (C=O) groups is 3. The van der Waals surface area contributed by atoms with E-state index >= 15 is 0 Å². The Kier molecular flexibility index (Phi) is 11.2. The van der Waals surface area contributed by atoms with Gasteiger partial charge in [-0.15, -0.1) is 0 Å². The van der Waals surface area contributed by atoms with E-state index in [0.717, 1.165) is 16.7 Å². The molecule has 0 aliphatic heterocycles. The van der Waals surface area contributed by atoms with Crippen LogP contribution >= 0.6 is 0 Å². The Morgan fingerprint density at radius 1 is 0.765 bits per heavy atom. The van der Waals surface area contributed by atoms with Gasteiger partial charge in [0, 0.05) is 22.6 Å². The largest absolute Gasteiger partial charge is 0.462 e. The Hall–Kier alpha value is -3.93. The highest BCUT2D eigenvalue weighted by atomic mass is 16.5. The summed E-state index contributed by atoms with van der Waals surface area (Å²) in [5.74, 6) is -1.39. The molecule has 0 N–H and O–H groups in total. The summed E-state index contributed by atoms with van der Waals surface area (Å²) < 4.78 is 15.6. The maximum absolute atomic E-state index is 11.7. The Morgan fingerprint density at radius 2 is 1.24 bits per heavy atom. The molecule has 1 aromatic carbocycles. The van der Waals surface area contributed by atoms with Gasteiger partial charge < -0.3 is 14.2 Å². The number of allylic oxidation sites excluding steroid dienone is 4. The van der Waals surface area contributed by atoms with Gasteiger partial charge in [-0.05, 0) is 50.5 Å². The van der Waals surface area contributed by atoms with Crippen LogP contribution in [0.2, 0.25) is 0 Å². The smallest absolute Gasteiger partial charge is 0.338 e. The average Bonchev–Trinajstić information content (AvgIpc) is 2.78. The molecule has 0 amide bonds. The number of hydrogen-bond acceptors (Lipinski definition) is 6. The van der Waals surface area contributed by atoms with Gasteiger partial charge in [-0.25, -0.2) is 14.4 Å². The quantitative estimate of drug-likeness (QED) is 0.165. The molecule has 0 spiro atoms. The number of esters is 3. The third kappa shape index (κ3) is 10.1. The summed E-state index contributed by atoms with van der Waals surface area (Å²) in [6.07, 6.45) is 4.02. The van der Waals surface area contributed by atoms with Crippen LogP contribution < -0.4 is 4.74 Å². The topological polar surface area (TPSA) is 78.9 Å². The molecule has 180 valence electrons. The first-order valence-corrected chi connectivity index (χ1v) is 10.6. The van der Waals surface area contributed by atoms with Crippen LogP contribution in [0.4, 0.5) is 0 Å². The molecular weight excluding hydrogens is 432 g/mol. The molecule has 6 nitrogen and oxygen atoms in total. The zero-order chi connectivity index (χ0) is 25.8. The van der Waals surface area contributed by atoms with Gasteiger partial charge in [0.05, 0.1) is 13.2 Å². The molecule has 34 heavy (non-hydrogen) atoms. The third-order valence-corrected chi connectivity index (χ3v) is 4.45. The van der Waals surface area contributed by atoms with Crippen molar-refractivity contribution < 1.29 is 28.6 Å². The highest BCUT2D eigenvalue weighted by molar-refractivity contribution is 5.89. The van der Waals surface area contributed by atoms with Gasteiger partial charge in [-0.1, -0.05) is 62.8 Å². The summed E-state index contributed by atoms with van der Waals surface area (Å²) in [6.45, 7) is 23.5. The first kappa shape index (κ1) is 28.1. The van der Waals surface area contributed by atoms with Gasteiger partial charge in [0.15, 0.2) is 0 Å². The van der Waals surface area contributed by atoms with Crippen molar-refractivity contribution in [2.24, 2.45) is 5.92 Å². The molecule has 0 aliphatic rings. The monoisotopic (exact) mass is 464 g/mol. The molecule has 0 aromatic heterocycles. The van der Waals surface area contributed by atoms with Crippen LogP contribution in [0.1, 0.15) is 32.8 Å². The summed E-state index contributed by atoms with van der Waals surface area (Å²) in [7, 11) is 0. The summed E-state index contributed by atoms with van der Waals surface area (Å²) in [4.78, 5) is 35.1. The summed E-state index contributed by atoms with van der Waals surface area (Å²) in [6, 6.07) is 6.92. The minimum Gasteiger partial charge on any atom is -0.462 e. The molecule has 0 fully saturated rings. The SMILES string of the molecule is C=C(/C=C\C(=C)c1ccc(OC(=O)C(=C)C)cc1)CC(COC(=O)C(=C)C)COC(=O)C(=C)C. The lowest BCUT2D eigenvalue weighted by Gasteiger charge is -2.17. The Morgan fingerprint density at radius 3 is 1.68 bits per heavy atom. The second-order valence-corrected chi connectivity index (χ2v) is 8.04. The van der Waals surface area contributed by atoms with E-state index in [1.54, 1.807) is 57.2 Å². The predicted molar refractivity (Wildman–Crippen MR) is 134 cm³/mol. The fourth-order valence-electron chi connectivity index (χ4n) is 2.48. The number of carbonyl (C=O) groups excluding carboxylic acids is 3. The van der Waals surface area contributed by atoms with Crippen molar-refractivity contribution in [2.45, 2.75) is 27.2 Å². The fraction of sp³-hybridized carbons (Fsp3) is 0.250. The van der Waals surface area contributed by atoms with Crippen LogP contribution in [0.15, 0.2) is 91.6 Å². The van der Waals surface area contributed by atoms with Crippen molar-refractivity contribution in [1.29, 1.82) is 0 Å². The molecule has 0 bridgehead atoms. The van der Waals surface area contributed by atoms with Gasteiger partial charge >= 0.3 is 17.9 Å². The maximum Gasteiger partial charge on any atom is 0.338 e.